The lowest BCUT2D eigenvalue weighted by atomic mass is 9.95. The van der Waals surface area contributed by atoms with Gasteiger partial charge in [-0.05, 0) is 42.0 Å². The van der Waals surface area contributed by atoms with E-state index in [0.29, 0.717) is 0 Å². The first kappa shape index (κ1) is 12.8. The van der Waals surface area contributed by atoms with Crippen molar-refractivity contribution in [2.24, 2.45) is 5.73 Å². The maximum absolute atomic E-state index is 6.32. The zero-order valence-corrected chi connectivity index (χ0v) is 11.2. The van der Waals surface area contributed by atoms with Crippen molar-refractivity contribution in [3.05, 3.63) is 70.8 Å². The van der Waals surface area contributed by atoms with E-state index in [0.717, 1.165) is 12.8 Å². The Morgan fingerprint density at radius 2 is 1.83 bits per heavy atom. The SMILES string of the molecule is CCc1cccc(C(N)Cc2ccccc2C)c1. The normalized spacial score (nSPS) is 12.4. The number of nitrogens with two attached hydrogens (primary N) is 1. The van der Waals surface area contributed by atoms with Crippen molar-refractivity contribution in [1.82, 2.24) is 0 Å². The van der Waals surface area contributed by atoms with E-state index in [2.05, 4.69) is 62.4 Å². The summed E-state index contributed by atoms with van der Waals surface area (Å²) in [7, 11) is 0. The monoisotopic (exact) mass is 239 g/mol. The summed E-state index contributed by atoms with van der Waals surface area (Å²) in [5, 5.41) is 0. The molecule has 0 heterocycles. The summed E-state index contributed by atoms with van der Waals surface area (Å²) < 4.78 is 0. The topological polar surface area (TPSA) is 26.0 Å². The molecule has 0 spiro atoms. The molecule has 0 saturated carbocycles. The molecule has 0 aliphatic heterocycles. The lowest BCUT2D eigenvalue weighted by Crippen LogP contribution is -2.14. The van der Waals surface area contributed by atoms with E-state index >= 15 is 0 Å². The third-order valence-electron chi connectivity index (χ3n) is 3.49. The Morgan fingerprint density at radius 3 is 2.56 bits per heavy atom. The van der Waals surface area contributed by atoms with Crippen LogP contribution < -0.4 is 5.73 Å². The molecule has 0 aliphatic carbocycles. The van der Waals surface area contributed by atoms with E-state index in [4.69, 9.17) is 5.73 Å². The van der Waals surface area contributed by atoms with Crippen molar-refractivity contribution in [1.29, 1.82) is 0 Å². The Balaban J connectivity index is 2.16. The van der Waals surface area contributed by atoms with Crippen molar-refractivity contribution < 1.29 is 0 Å². The Morgan fingerprint density at radius 1 is 1.06 bits per heavy atom. The molecule has 1 unspecified atom stereocenters. The molecule has 2 rings (SSSR count). The van der Waals surface area contributed by atoms with Gasteiger partial charge in [-0.3, -0.25) is 0 Å². The van der Waals surface area contributed by atoms with Crippen LogP contribution >= 0.6 is 0 Å². The van der Waals surface area contributed by atoms with Crippen molar-refractivity contribution in [2.75, 3.05) is 0 Å². The first-order valence-corrected chi connectivity index (χ1v) is 6.59. The van der Waals surface area contributed by atoms with Crippen LogP contribution in [0.3, 0.4) is 0 Å². The molecule has 94 valence electrons. The minimum absolute atomic E-state index is 0.0811. The van der Waals surface area contributed by atoms with Gasteiger partial charge in [0.25, 0.3) is 0 Å². The average molecular weight is 239 g/mol. The van der Waals surface area contributed by atoms with E-state index in [-0.39, 0.29) is 6.04 Å². The molecule has 2 aromatic rings. The standard InChI is InChI=1S/C17H21N/c1-3-14-8-6-10-16(11-14)17(18)12-15-9-5-4-7-13(15)2/h4-11,17H,3,12,18H2,1-2H3. The molecule has 18 heavy (non-hydrogen) atoms. The summed E-state index contributed by atoms with van der Waals surface area (Å²) in [5.41, 5.74) is 11.6. The molecule has 0 fully saturated rings. The molecule has 0 aliphatic rings. The first-order valence-electron chi connectivity index (χ1n) is 6.59. The highest BCUT2D eigenvalue weighted by Crippen LogP contribution is 2.19. The minimum atomic E-state index is 0.0811. The molecule has 1 heteroatoms. The van der Waals surface area contributed by atoms with E-state index < -0.39 is 0 Å². The summed E-state index contributed by atoms with van der Waals surface area (Å²) in [6.45, 7) is 4.32. The number of rotatable bonds is 4. The van der Waals surface area contributed by atoms with Crippen LogP contribution in [-0.2, 0) is 12.8 Å². The van der Waals surface area contributed by atoms with Crippen LogP contribution in [0.15, 0.2) is 48.5 Å². The van der Waals surface area contributed by atoms with E-state index in [1.807, 2.05) is 0 Å². The lowest BCUT2D eigenvalue weighted by molar-refractivity contribution is 0.717. The predicted molar refractivity (Wildman–Crippen MR) is 77.6 cm³/mol. The third kappa shape index (κ3) is 2.99. The quantitative estimate of drug-likeness (QED) is 0.863. The number of hydrogen-bond donors (Lipinski definition) is 1. The second-order valence-corrected chi connectivity index (χ2v) is 4.84. The average Bonchev–Trinajstić information content (AvgIpc) is 2.41. The molecule has 0 radical (unpaired) electrons. The van der Waals surface area contributed by atoms with Gasteiger partial charge >= 0.3 is 0 Å². The summed E-state index contributed by atoms with van der Waals surface area (Å²) >= 11 is 0. The zero-order chi connectivity index (χ0) is 13.0. The highest BCUT2D eigenvalue weighted by atomic mass is 14.6. The smallest absolute Gasteiger partial charge is 0.0335 e. The van der Waals surface area contributed by atoms with E-state index in [9.17, 15) is 0 Å². The first-order chi connectivity index (χ1) is 8.70. The van der Waals surface area contributed by atoms with Crippen LogP contribution in [0.4, 0.5) is 0 Å². The zero-order valence-electron chi connectivity index (χ0n) is 11.2. The molecule has 1 atom stereocenters. The number of benzene rings is 2. The van der Waals surface area contributed by atoms with Gasteiger partial charge in [0.05, 0.1) is 0 Å². The molecule has 0 bridgehead atoms. The van der Waals surface area contributed by atoms with Crippen LogP contribution in [0.2, 0.25) is 0 Å². The van der Waals surface area contributed by atoms with Gasteiger partial charge in [-0.15, -0.1) is 0 Å². The Labute approximate surface area is 110 Å². The van der Waals surface area contributed by atoms with E-state index in [1.165, 1.54) is 22.3 Å². The van der Waals surface area contributed by atoms with Gasteiger partial charge in [-0.1, -0.05) is 55.5 Å². The van der Waals surface area contributed by atoms with Crippen molar-refractivity contribution in [3.8, 4) is 0 Å². The van der Waals surface area contributed by atoms with Crippen LogP contribution in [0, 0.1) is 6.92 Å². The molecular formula is C17H21N. The maximum Gasteiger partial charge on any atom is 0.0335 e. The third-order valence-corrected chi connectivity index (χ3v) is 3.49. The van der Waals surface area contributed by atoms with Crippen LogP contribution in [0.5, 0.6) is 0 Å². The second kappa shape index (κ2) is 5.83. The summed E-state index contributed by atoms with van der Waals surface area (Å²) in [4.78, 5) is 0. The molecular weight excluding hydrogens is 218 g/mol. The molecule has 0 aromatic heterocycles. The molecule has 0 amide bonds. The van der Waals surface area contributed by atoms with Crippen LogP contribution in [0.1, 0.15) is 35.2 Å². The van der Waals surface area contributed by atoms with Gasteiger partial charge in [0.2, 0.25) is 0 Å². The Bertz CT molecular complexity index is 517. The van der Waals surface area contributed by atoms with Crippen LogP contribution in [0.25, 0.3) is 0 Å². The van der Waals surface area contributed by atoms with Crippen molar-refractivity contribution >= 4 is 0 Å². The molecule has 2 N–H and O–H groups in total. The fraction of sp³-hybridized carbons (Fsp3) is 0.294. The Hall–Kier alpha value is -1.60. The van der Waals surface area contributed by atoms with Gasteiger partial charge in [0.1, 0.15) is 0 Å². The molecule has 2 aromatic carbocycles. The summed E-state index contributed by atoms with van der Waals surface area (Å²) in [6, 6.07) is 17.2. The number of aryl methyl sites for hydroxylation is 2. The molecule has 1 nitrogen and oxygen atoms in total. The fourth-order valence-electron chi connectivity index (χ4n) is 2.24. The summed E-state index contributed by atoms with van der Waals surface area (Å²) in [6.07, 6.45) is 1.96. The van der Waals surface area contributed by atoms with E-state index in [1.54, 1.807) is 0 Å². The van der Waals surface area contributed by atoms with Crippen molar-refractivity contribution in [2.45, 2.75) is 32.7 Å². The van der Waals surface area contributed by atoms with Gasteiger partial charge in [-0.2, -0.15) is 0 Å². The summed E-state index contributed by atoms with van der Waals surface area (Å²) in [5.74, 6) is 0. The van der Waals surface area contributed by atoms with Gasteiger partial charge < -0.3 is 5.73 Å². The minimum Gasteiger partial charge on any atom is -0.324 e. The highest BCUT2D eigenvalue weighted by molar-refractivity contribution is 5.31. The highest BCUT2D eigenvalue weighted by Gasteiger charge is 2.08. The van der Waals surface area contributed by atoms with Gasteiger partial charge in [0.15, 0.2) is 0 Å². The molecule has 0 saturated heterocycles. The maximum atomic E-state index is 6.32. The lowest BCUT2D eigenvalue weighted by Gasteiger charge is -2.14. The fourth-order valence-corrected chi connectivity index (χ4v) is 2.24. The Kier molecular flexibility index (Phi) is 4.16. The van der Waals surface area contributed by atoms with Crippen LogP contribution in [-0.4, -0.2) is 0 Å². The van der Waals surface area contributed by atoms with Crippen molar-refractivity contribution in [3.63, 3.8) is 0 Å². The van der Waals surface area contributed by atoms with Gasteiger partial charge in [0, 0.05) is 6.04 Å². The second-order valence-electron chi connectivity index (χ2n) is 4.84. The predicted octanol–water partition coefficient (Wildman–Crippen LogP) is 3.80. The van der Waals surface area contributed by atoms with Gasteiger partial charge in [-0.25, -0.2) is 0 Å². The largest absolute Gasteiger partial charge is 0.324 e. The number of hydrogen-bond acceptors (Lipinski definition) is 1.